The van der Waals surface area contributed by atoms with E-state index in [2.05, 4.69) is 15.4 Å². The van der Waals surface area contributed by atoms with E-state index in [1.54, 1.807) is 12.1 Å². The van der Waals surface area contributed by atoms with Gasteiger partial charge in [0.1, 0.15) is 11.5 Å². The van der Waals surface area contributed by atoms with Crippen molar-refractivity contribution in [1.29, 1.82) is 0 Å². The molecule has 1 aliphatic carbocycles. The van der Waals surface area contributed by atoms with E-state index in [9.17, 15) is 19.8 Å². The maximum Gasteiger partial charge on any atom is 0.411 e. The Morgan fingerprint density at radius 2 is 1.83 bits per heavy atom. The number of carbonyl (C=O) groups excluding carboxylic acids is 1. The number of halogens is 1. The van der Waals surface area contributed by atoms with Gasteiger partial charge in [-0.3, -0.25) is 5.32 Å². The molecule has 8 nitrogen and oxygen atoms in total. The molecule has 36 heavy (non-hydrogen) atoms. The Balaban J connectivity index is 1.43. The van der Waals surface area contributed by atoms with Crippen LogP contribution in [0.1, 0.15) is 39.6 Å². The molecule has 1 amide bonds. The maximum absolute atomic E-state index is 11.6. The molecule has 0 aliphatic heterocycles. The van der Waals surface area contributed by atoms with Crippen LogP contribution in [0.15, 0.2) is 60.7 Å². The lowest BCUT2D eigenvalue weighted by Crippen LogP contribution is -2.37. The Bertz CT molecular complexity index is 1250. The molecule has 0 saturated carbocycles. The fourth-order valence-electron chi connectivity index (χ4n) is 4.21. The molecule has 9 heteroatoms. The molecule has 0 unspecified atom stereocenters. The van der Waals surface area contributed by atoms with Gasteiger partial charge in [0.25, 0.3) is 0 Å². The highest BCUT2D eigenvalue weighted by Crippen LogP contribution is 2.31. The number of aryl methyl sites for hydroxylation is 1. The van der Waals surface area contributed by atoms with Crippen LogP contribution in [-0.2, 0) is 17.6 Å². The molecule has 3 aromatic rings. The predicted octanol–water partition coefficient (Wildman–Crippen LogP) is 5.19. The Morgan fingerprint density at radius 1 is 1.06 bits per heavy atom. The van der Waals surface area contributed by atoms with Gasteiger partial charge >= 0.3 is 12.1 Å². The van der Waals surface area contributed by atoms with Gasteiger partial charge in [-0.05, 0) is 72.4 Å². The standard InChI is InChI=1S/C27H27ClN2O6/c1-35-27(34)30-22-11-19(26(32)33)13-24(14-22)36-23-9-5-16-4-8-21(10-18(16)12-23)29-15-25(31)17-2-6-20(28)7-3-17/h2-3,5-7,9,11-14,21,25,29,31H,4,8,10,15H2,1H3,(H,30,34)(H,32,33)/t21-,25+/m0/s1. The van der Waals surface area contributed by atoms with Crippen molar-refractivity contribution < 1.29 is 29.3 Å². The van der Waals surface area contributed by atoms with E-state index in [4.69, 9.17) is 16.3 Å². The van der Waals surface area contributed by atoms with Gasteiger partial charge in [-0.2, -0.15) is 0 Å². The maximum atomic E-state index is 11.6. The Labute approximate surface area is 213 Å². The lowest BCUT2D eigenvalue weighted by Gasteiger charge is -2.27. The average molecular weight is 511 g/mol. The topological polar surface area (TPSA) is 117 Å². The highest BCUT2D eigenvalue weighted by atomic mass is 35.5. The number of carboxylic acid groups (broad SMARTS) is 1. The summed E-state index contributed by atoms with van der Waals surface area (Å²) in [5, 5.41) is 26.5. The van der Waals surface area contributed by atoms with E-state index in [1.807, 2.05) is 30.3 Å². The van der Waals surface area contributed by atoms with Gasteiger partial charge < -0.3 is 25.0 Å². The third-order valence-corrected chi connectivity index (χ3v) is 6.33. The van der Waals surface area contributed by atoms with Crippen molar-refractivity contribution in [3.05, 3.63) is 87.9 Å². The smallest absolute Gasteiger partial charge is 0.411 e. The summed E-state index contributed by atoms with van der Waals surface area (Å²) in [4.78, 5) is 23.1. The Morgan fingerprint density at radius 3 is 2.56 bits per heavy atom. The number of aliphatic hydroxyl groups excluding tert-OH is 1. The van der Waals surface area contributed by atoms with E-state index in [0.717, 1.165) is 30.4 Å². The highest BCUT2D eigenvalue weighted by molar-refractivity contribution is 6.30. The first-order valence-corrected chi connectivity index (χ1v) is 11.9. The molecule has 1 aliphatic rings. The van der Waals surface area contributed by atoms with Gasteiger partial charge in [-0.1, -0.05) is 29.8 Å². The predicted molar refractivity (Wildman–Crippen MR) is 136 cm³/mol. The van der Waals surface area contributed by atoms with Gasteiger partial charge in [-0.15, -0.1) is 0 Å². The Hall–Kier alpha value is -3.59. The van der Waals surface area contributed by atoms with E-state index in [0.29, 0.717) is 17.3 Å². The molecule has 188 valence electrons. The lowest BCUT2D eigenvalue weighted by atomic mass is 9.88. The summed E-state index contributed by atoms with van der Waals surface area (Å²) in [6.45, 7) is 0.426. The largest absolute Gasteiger partial charge is 0.478 e. The summed E-state index contributed by atoms with van der Waals surface area (Å²) in [5.41, 5.74) is 3.38. The second-order valence-corrected chi connectivity index (χ2v) is 9.05. The third kappa shape index (κ3) is 6.54. The molecule has 4 N–H and O–H groups in total. The van der Waals surface area contributed by atoms with Crippen LogP contribution in [0.3, 0.4) is 0 Å². The number of anilines is 1. The zero-order valence-electron chi connectivity index (χ0n) is 19.7. The summed E-state index contributed by atoms with van der Waals surface area (Å²) in [6, 6.07) is 17.4. The van der Waals surface area contributed by atoms with Crippen LogP contribution in [0.2, 0.25) is 5.02 Å². The third-order valence-electron chi connectivity index (χ3n) is 6.08. The van der Waals surface area contributed by atoms with Gasteiger partial charge in [0.15, 0.2) is 0 Å². The molecule has 4 rings (SSSR count). The number of aliphatic hydroxyl groups is 1. The van der Waals surface area contributed by atoms with Crippen molar-refractivity contribution in [2.45, 2.75) is 31.4 Å². The number of benzene rings is 3. The van der Waals surface area contributed by atoms with Crippen molar-refractivity contribution in [3.8, 4) is 11.5 Å². The number of hydrogen-bond donors (Lipinski definition) is 4. The summed E-state index contributed by atoms with van der Waals surface area (Å²) >= 11 is 5.93. The first kappa shape index (κ1) is 25.5. The molecule has 0 fully saturated rings. The molecule has 0 spiro atoms. The zero-order valence-corrected chi connectivity index (χ0v) is 20.4. The van der Waals surface area contributed by atoms with Crippen molar-refractivity contribution in [2.75, 3.05) is 19.0 Å². The molecule has 0 saturated heterocycles. The monoisotopic (exact) mass is 510 g/mol. The molecular weight excluding hydrogens is 484 g/mol. The number of amides is 1. The van der Waals surface area contributed by atoms with Gasteiger partial charge in [-0.25, -0.2) is 9.59 Å². The number of methoxy groups -OCH3 is 1. The summed E-state index contributed by atoms with van der Waals surface area (Å²) in [7, 11) is 1.22. The van der Waals surface area contributed by atoms with Gasteiger partial charge in [0.2, 0.25) is 0 Å². The van der Waals surface area contributed by atoms with Crippen LogP contribution in [0.25, 0.3) is 0 Å². The van der Waals surface area contributed by atoms with E-state index < -0.39 is 18.2 Å². The Kier molecular flexibility index (Phi) is 8.10. The second-order valence-electron chi connectivity index (χ2n) is 8.62. The fraction of sp³-hybridized carbons (Fsp3) is 0.259. The quantitative estimate of drug-likeness (QED) is 0.329. The van der Waals surface area contributed by atoms with E-state index in [1.165, 1.54) is 30.9 Å². The second kappa shape index (κ2) is 11.4. The minimum absolute atomic E-state index is 0.0274. The number of hydrogen-bond acceptors (Lipinski definition) is 6. The molecule has 0 aromatic heterocycles. The average Bonchev–Trinajstić information content (AvgIpc) is 2.87. The molecule has 0 heterocycles. The molecule has 3 aromatic carbocycles. The van der Waals surface area contributed by atoms with Gasteiger partial charge in [0, 0.05) is 29.4 Å². The number of fused-ring (bicyclic) bond motifs is 1. The summed E-state index contributed by atoms with van der Waals surface area (Å²) in [6.07, 6.45) is 1.27. The van der Waals surface area contributed by atoms with Crippen molar-refractivity contribution in [3.63, 3.8) is 0 Å². The summed E-state index contributed by atoms with van der Waals surface area (Å²) in [5.74, 6) is -0.312. The number of carbonyl (C=O) groups is 2. The number of carboxylic acids is 1. The van der Waals surface area contributed by atoms with Crippen LogP contribution in [0.4, 0.5) is 10.5 Å². The highest BCUT2D eigenvalue weighted by Gasteiger charge is 2.20. The normalized spacial score (nSPS) is 15.5. The number of aromatic carboxylic acids is 1. The van der Waals surface area contributed by atoms with E-state index >= 15 is 0 Å². The zero-order chi connectivity index (χ0) is 25.7. The number of rotatable bonds is 8. The molecular formula is C27H27ClN2O6. The minimum atomic E-state index is -1.14. The molecule has 2 atom stereocenters. The van der Waals surface area contributed by atoms with Crippen molar-refractivity contribution in [1.82, 2.24) is 5.32 Å². The molecule has 0 bridgehead atoms. The fourth-order valence-corrected chi connectivity index (χ4v) is 4.34. The SMILES string of the molecule is COC(=O)Nc1cc(Oc2ccc3c(c2)C[C@@H](NC[C@@H](O)c2ccc(Cl)cc2)CC3)cc(C(=O)O)c1. The van der Waals surface area contributed by atoms with Crippen LogP contribution in [0.5, 0.6) is 11.5 Å². The molecule has 0 radical (unpaired) electrons. The van der Waals surface area contributed by atoms with Crippen LogP contribution in [0, 0.1) is 0 Å². The van der Waals surface area contributed by atoms with E-state index in [-0.39, 0.29) is 23.0 Å². The minimum Gasteiger partial charge on any atom is -0.478 e. The van der Waals surface area contributed by atoms with Crippen molar-refractivity contribution in [2.24, 2.45) is 0 Å². The first-order chi connectivity index (χ1) is 17.3. The van der Waals surface area contributed by atoms with Crippen molar-refractivity contribution >= 4 is 29.4 Å². The van der Waals surface area contributed by atoms with Crippen LogP contribution in [-0.4, -0.2) is 42.0 Å². The lowest BCUT2D eigenvalue weighted by molar-refractivity contribution is 0.0696. The number of ether oxygens (including phenoxy) is 2. The number of nitrogens with one attached hydrogen (secondary N) is 2. The van der Waals surface area contributed by atoms with Crippen LogP contribution >= 0.6 is 11.6 Å². The first-order valence-electron chi connectivity index (χ1n) is 11.5. The summed E-state index contributed by atoms with van der Waals surface area (Å²) < 4.78 is 10.5. The van der Waals surface area contributed by atoms with Gasteiger partial charge in [0.05, 0.1) is 18.8 Å². The van der Waals surface area contributed by atoms with Crippen LogP contribution < -0.4 is 15.4 Å².